The minimum atomic E-state index is -0.119. The molecular formula is C14H20FN. The number of halogens is 1. The third-order valence-corrected chi connectivity index (χ3v) is 3.41. The first-order valence-electron chi connectivity index (χ1n) is 6.19. The molecular weight excluding hydrogens is 201 g/mol. The van der Waals surface area contributed by atoms with Gasteiger partial charge in [0.25, 0.3) is 0 Å². The Morgan fingerprint density at radius 1 is 1.44 bits per heavy atom. The molecule has 0 bridgehead atoms. The predicted molar refractivity (Wildman–Crippen MR) is 65.0 cm³/mol. The highest BCUT2D eigenvalue weighted by molar-refractivity contribution is 5.27. The molecule has 88 valence electrons. The summed E-state index contributed by atoms with van der Waals surface area (Å²) < 4.78 is 13.2. The standard InChI is InChI=1S/C14H20FN/c1-3-16-14(11-5-6-11)9-12-8-13(15)7-4-10(12)2/h4,7-8,11,14,16H,3,5-6,9H2,1-2H3. The lowest BCUT2D eigenvalue weighted by atomic mass is 9.98. The predicted octanol–water partition coefficient (Wildman–Crippen LogP) is 3.06. The number of hydrogen-bond donors (Lipinski definition) is 1. The maximum Gasteiger partial charge on any atom is 0.123 e. The Hall–Kier alpha value is -0.890. The summed E-state index contributed by atoms with van der Waals surface area (Å²) in [7, 11) is 0. The molecule has 0 aromatic heterocycles. The molecule has 1 nitrogen and oxygen atoms in total. The Bertz CT molecular complexity index is 358. The van der Waals surface area contributed by atoms with Gasteiger partial charge in [-0.1, -0.05) is 13.0 Å². The Morgan fingerprint density at radius 2 is 2.19 bits per heavy atom. The monoisotopic (exact) mass is 221 g/mol. The lowest BCUT2D eigenvalue weighted by Gasteiger charge is -2.18. The van der Waals surface area contributed by atoms with Gasteiger partial charge >= 0.3 is 0 Å². The van der Waals surface area contributed by atoms with E-state index in [1.807, 2.05) is 6.07 Å². The van der Waals surface area contributed by atoms with E-state index in [4.69, 9.17) is 0 Å². The number of nitrogens with one attached hydrogen (secondary N) is 1. The molecule has 1 saturated carbocycles. The molecule has 1 unspecified atom stereocenters. The minimum absolute atomic E-state index is 0.119. The molecule has 1 fully saturated rings. The Balaban J connectivity index is 2.08. The summed E-state index contributed by atoms with van der Waals surface area (Å²) in [6, 6.07) is 5.63. The number of benzene rings is 1. The molecule has 0 aliphatic heterocycles. The molecule has 1 aromatic carbocycles. The largest absolute Gasteiger partial charge is 0.314 e. The average molecular weight is 221 g/mol. The van der Waals surface area contributed by atoms with Gasteiger partial charge in [-0.05, 0) is 61.9 Å². The van der Waals surface area contributed by atoms with Gasteiger partial charge in [-0.15, -0.1) is 0 Å². The molecule has 2 heteroatoms. The quantitative estimate of drug-likeness (QED) is 0.805. The van der Waals surface area contributed by atoms with E-state index >= 15 is 0 Å². The highest BCUT2D eigenvalue weighted by Crippen LogP contribution is 2.34. The van der Waals surface area contributed by atoms with Crippen molar-refractivity contribution < 1.29 is 4.39 Å². The van der Waals surface area contributed by atoms with Crippen LogP contribution in [0.3, 0.4) is 0 Å². The first-order valence-corrected chi connectivity index (χ1v) is 6.19. The van der Waals surface area contributed by atoms with Gasteiger partial charge in [-0.3, -0.25) is 0 Å². The normalized spacial score (nSPS) is 17.4. The lowest BCUT2D eigenvalue weighted by Crippen LogP contribution is -2.33. The van der Waals surface area contributed by atoms with E-state index in [1.165, 1.54) is 24.5 Å². The van der Waals surface area contributed by atoms with Gasteiger partial charge in [-0.2, -0.15) is 0 Å². The minimum Gasteiger partial charge on any atom is -0.314 e. The SMILES string of the molecule is CCNC(Cc1cc(F)ccc1C)C1CC1. The van der Waals surface area contributed by atoms with Crippen LogP contribution in [0.2, 0.25) is 0 Å². The Labute approximate surface area is 97.1 Å². The van der Waals surface area contributed by atoms with Crippen molar-refractivity contribution in [1.82, 2.24) is 5.32 Å². The molecule has 0 amide bonds. The first kappa shape index (κ1) is 11.6. The maximum absolute atomic E-state index is 13.2. The molecule has 1 N–H and O–H groups in total. The summed E-state index contributed by atoms with van der Waals surface area (Å²) in [4.78, 5) is 0. The van der Waals surface area contributed by atoms with Crippen LogP contribution in [0.1, 0.15) is 30.9 Å². The Morgan fingerprint density at radius 3 is 2.81 bits per heavy atom. The van der Waals surface area contributed by atoms with E-state index in [1.54, 1.807) is 6.07 Å². The van der Waals surface area contributed by atoms with Gasteiger partial charge in [0.2, 0.25) is 0 Å². The highest BCUT2D eigenvalue weighted by atomic mass is 19.1. The zero-order valence-electron chi connectivity index (χ0n) is 10.1. The topological polar surface area (TPSA) is 12.0 Å². The number of hydrogen-bond acceptors (Lipinski definition) is 1. The van der Waals surface area contributed by atoms with Crippen molar-refractivity contribution in [1.29, 1.82) is 0 Å². The smallest absolute Gasteiger partial charge is 0.123 e. The second-order valence-electron chi connectivity index (χ2n) is 4.78. The van der Waals surface area contributed by atoms with Gasteiger partial charge in [0.15, 0.2) is 0 Å². The molecule has 1 aromatic rings. The van der Waals surface area contributed by atoms with Crippen LogP contribution in [0.5, 0.6) is 0 Å². The average Bonchev–Trinajstić information content (AvgIpc) is 3.06. The zero-order chi connectivity index (χ0) is 11.5. The molecule has 0 heterocycles. The molecule has 16 heavy (non-hydrogen) atoms. The van der Waals surface area contributed by atoms with Gasteiger partial charge < -0.3 is 5.32 Å². The van der Waals surface area contributed by atoms with Gasteiger partial charge in [0.05, 0.1) is 0 Å². The summed E-state index contributed by atoms with van der Waals surface area (Å²) in [6.07, 6.45) is 3.61. The second-order valence-corrected chi connectivity index (χ2v) is 4.78. The van der Waals surface area contributed by atoms with Crippen LogP contribution < -0.4 is 5.32 Å². The van der Waals surface area contributed by atoms with E-state index in [0.717, 1.165) is 24.4 Å². The van der Waals surface area contributed by atoms with Crippen LogP contribution in [-0.2, 0) is 6.42 Å². The second kappa shape index (κ2) is 4.96. The fraction of sp³-hybridized carbons (Fsp3) is 0.571. The summed E-state index contributed by atoms with van der Waals surface area (Å²) in [5.41, 5.74) is 2.35. The van der Waals surface area contributed by atoms with E-state index in [9.17, 15) is 4.39 Å². The van der Waals surface area contributed by atoms with E-state index in [2.05, 4.69) is 19.2 Å². The summed E-state index contributed by atoms with van der Waals surface area (Å²) in [5, 5.41) is 3.52. The molecule has 1 aliphatic rings. The fourth-order valence-corrected chi connectivity index (χ4v) is 2.26. The van der Waals surface area contributed by atoms with Crippen LogP contribution in [0, 0.1) is 18.7 Å². The Kier molecular flexibility index (Phi) is 3.59. The molecule has 1 aliphatic carbocycles. The summed E-state index contributed by atoms with van der Waals surface area (Å²) in [5.74, 6) is 0.689. The van der Waals surface area contributed by atoms with Crippen molar-refractivity contribution in [2.45, 2.75) is 39.2 Å². The number of likely N-dealkylation sites (N-methyl/N-ethyl adjacent to an activating group) is 1. The molecule has 0 radical (unpaired) electrons. The van der Waals surface area contributed by atoms with Crippen LogP contribution in [-0.4, -0.2) is 12.6 Å². The molecule has 2 rings (SSSR count). The third-order valence-electron chi connectivity index (χ3n) is 3.41. The van der Waals surface area contributed by atoms with E-state index in [0.29, 0.717) is 6.04 Å². The molecule has 0 spiro atoms. The van der Waals surface area contributed by atoms with Crippen LogP contribution in [0.25, 0.3) is 0 Å². The molecule has 1 atom stereocenters. The van der Waals surface area contributed by atoms with Crippen molar-refractivity contribution in [2.24, 2.45) is 5.92 Å². The van der Waals surface area contributed by atoms with Crippen molar-refractivity contribution in [3.05, 3.63) is 35.1 Å². The number of rotatable bonds is 5. The van der Waals surface area contributed by atoms with Gasteiger partial charge in [0.1, 0.15) is 5.82 Å². The third kappa shape index (κ3) is 2.82. The van der Waals surface area contributed by atoms with Crippen LogP contribution in [0.4, 0.5) is 4.39 Å². The summed E-state index contributed by atoms with van der Waals surface area (Å²) in [6.45, 7) is 5.19. The lowest BCUT2D eigenvalue weighted by molar-refractivity contribution is 0.470. The summed E-state index contributed by atoms with van der Waals surface area (Å²) >= 11 is 0. The van der Waals surface area contributed by atoms with Crippen LogP contribution >= 0.6 is 0 Å². The molecule has 0 saturated heterocycles. The fourth-order valence-electron chi connectivity index (χ4n) is 2.26. The van der Waals surface area contributed by atoms with Crippen molar-refractivity contribution >= 4 is 0 Å². The highest BCUT2D eigenvalue weighted by Gasteiger charge is 2.30. The van der Waals surface area contributed by atoms with Gasteiger partial charge in [-0.25, -0.2) is 4.39 Å². The van der Waals surface area contributed by atoms with Crippen molar-refractivity contribution in [3.8, 4) is 0 Å². The number of aryl methyl sites for hydroxylation is 1. The van der Waals surface area contributed by atoms with Crippen LogP contribution in [0.15, 0.2) is 18.2 Å². The van der Waals surface area contributed by atoms with Gasteiger partial charge in [0, 0.05) is 6.04 Å². The first-order chi connectivity index (χ1) is 7.70. The van der Waals surface area contributed by atoms with E-state index in [-0.39, 0.29) is 5.82 Å². The van der Waals surface area contributed by atoms with E-state index < -0.39 is 0 Å². The maximum atomic E-state index is 13.2. The zero-order valence-corrected chi connectivity index (χ0v) is 10.1. The van der Waals surface area contributed by atoms with Crippen molar-refractivity contribution in [2.75, 3.05) is 6.54 Å². The van der Waals surface area contributed by atoms with Crippen molar-refractivity contribution in [3.63, 3.8) is 0 Å².